The summed E-state index contributed by atoms with van der Waals surface area (Å²) < 4.78 is 5.14. The highest BCUT2D eigenvalue weighted by molar-refractivity contribution is 6.08. The molecule has 0 atom stereocenters. The standard InChI is InChI=1S/C18H15NO3/c1-2-22-18(21)17-16(13-9-7-12(11-20)8-10-13)14-5-3-4-6-15(14)19-17/h3-11,19H,2H2,1H3. The zero-order valence-corrected chi connectivity index (χ0v) is 12.1. The average Bonchev–Trinajstić information content (AvgIpc) is 2.95. The van der Waals surface area contributed by atoms with E-state index in [0.717, 1.165) is 28.3 Å². The third-order valence-electron chi connectivity index (χ3n) is 3.52. The smallest absolute Gasteiger partial charge is 0.355 e. The second-order valence-electron chi connectivity index (χ2n) is 4.88. The van der Waals surface area contributed by atoms with Crippen LogP contribution < -0.4 is 0 Å². The molecule has 3 aromatic rings. The first kappa shape index (κ1) is 14.1. The highest BCUT2D eigenvalue weighted by Gasteiger charge is 2.19. The molecule has 4 nitrogen and oxygen atoms in total. The highest BCUT2D eigenvalue weighted by atomic mass is 16.5. The number of aromatic nitrogens is 1. The Labute approximate surface area is 127 Å². The third kappa shape index (κ3) is 2.39. The van der Waals surface area contributed by atoms with Gasteiger partial charge in [0.2, 0.25) is 0 Å². The van der Waals surface area contributed by atoms with E-state index in [1.165, 1.54) is 0 Å². The minimum Gasteiger partial charge on any atom is -0.461 e. The number of ether oxygens (including phenoxy) is 1. The van der Waals surface area contributed by atoms with Gasteiger partial charge < -0.3 is 9.72 Å². The van der Waals surface area contributed by atoms with Crippen LogP contribution in [0.5, 0.6) is 0 Å². The van der Waals surface area contributed by atoms with Gasteiger partial charge in [-0.2, -0.15) is 0 Å². The van der Waals surface area contributed by atoms with Crippen LogP contribution in [0.15, 0.2) is 48.5 Å². The number of para-hydroxylation sites is 1. The molecule has 2 aromatic carbocycles. The summed E-state index contributed by atoms with van der Waals surface area (Å²) in [6.45, 7) is 2.09. The summed E-state index contributed by atoms with van der Waals surface area (Å²) in [6, 6.07) is 14.8. The van der Waals surface area contributed by atoms with Crippen LogP contribution in [0, 0.1) is 0 Å². The zero-order chi connectivity index (χ0) is 15.5. The molecule has 0 aliphatic rings. The summed E-state index contributed by atoms with van der Waals surface area (Å²) in [5.74, 6) is -0.381. The van der Waals surface area contributed by atoms with Gasteiger partial charge in [-0.25, -0.2) is 4.79 Å². The van der Waals surface area contributed by atoms with Crippen molar-refractivity contribution in [1.82, 2.24) is 4.98 Å². The number of benzene rings is 2. The molecule has 4 heteroatoms. The molecule has 110 valence electrons. The number of rotatable bonds is 4. The van der Waals surface area contributed by atoms with Crippen molar-refractivity contribution in [3.63, 3.8) is 0 Å². The molecule has 0 aliphatic heterocycles. The molecule has 0 saturated carbocycles. The summed E-state index contributed by atoms with van der Waals surface area (Å²) in [6.07, 6.45) is 0.797. The molecular formula is C18H15NO3. The molecule has 0 spiro atoms. The lowest BCUT2D eigenvalue weighted by Gasteiger charge is -2.05. The van der Waals surface area contributed by atoms with Gasteiger partial charge in [0.1, 0.15) is 12.0 Å². The molecule has 1 aromatic heterocycles. The predicted octanol–water partition coefficient (Wildman–Crippen LogP) is 3.82. The lowest BCUT2D eigenvalue weighted by atomic mass is 10.0. The number of aromatic amines is 1. The fraction of sp³-hybridized carbons (Fsp3) is 0.111. The van der Waals surface area contributed by atoms with E-state index in [2.05, 4.69) is 4.98 Å². The summed E-state index contributed by atoms with van der Waals surface area (Å²) in [4.78, 5) is 26.2. The van der Waals surface area contributed by atoms with Gasteiger partial charge in [0, 0.05) is 22.0 Å². The minimum atomic E-state index is -0.381. The number of nitrogens with one attached hydrogen (secondary N) is 1. The molecule has 0 amide bonds. The Morgan fingerprint density at radius 3 is 2.55 bits per heavy atom. The molecule has 0 saturated heterocycles. The Morgan fingerprint density at radius 2 is 1.86 bits per heavy atom. The van der Waals surface area contributed by atoms with Gasteiger partial charge in [0.15, 0.2) is 0 Å². The van der Waals surface area contributed by atoms with E-state index < -0.39 is 0 Å². The van der Waals surface area contributed by atoms with E-state index in [1.54, 1.807) is 19.1 Å². The maximum atomic E-state index is 12.2. The van der Waals surface area contributed by atoms with Gasteiger partial charge in [-0.1, -0.05) is 42.5 Å². The SMILES string of the molecule is CCOC(=O)c1[nH]c2ccccc2c1-c1ccc(C=O)cc1. The number of aldehydes is 1. The third-order valence-corrected chi connectivity index (χ3v) is 3.52. The molecule has 0 bridgehead atoms. The van der Waals surface area contributed by atoms with Crippen molar-refractivity contribution in [2.45, 2.75) is 6.92 Å². The molecule has 1 N–H and O–H groups in total. The lowest BCUT2D eigenvalue weighted by Crippen LogP contribution is -2.06. The van der Waals surface area contributed by atoms with Gasteiger partial charge in [0.05, 0.1) is 6.61 Å². The summed E-state index contributed by atoms with van der Waals surface area (Å²) in [5, 5.41) is 0.949. The van der Waals surface area contributed by atoms with Crippen molar-refractivity contribution >= 4 is 23.2 Å². The van der Waals surface area contributed by atoms with E-state index >= 15 is 0 Å². The summed E-state index contributed by atoms with van der Waals surface area (Å²) in [7, 11) is 0. The molecule has 0 unspecified atom stereocenters. The molecule has 0 fully saturated rings. The van der Waals surface area contributed by atoms with Crippen LogP contribution in [0.25, 0.3) is 22.0 Å². The van der Waals surface area contributed by atoms with Crippen molar-refractivity contribution < 1.29 is 14.3 Å². The van der Waals surface area contributed by atoms with E-state index in [0.29, 0.717) is 17.9 Å². The number of hydrogen-bond donors (Lipinski definition) is 1. The van der Waals surface area contributed by atoms with Crippen LogP contribution in [-0.2, 0) is 4.74 Å². The molecule has 3 rings (SSSR count). The molecular weight excluding hydrogens is 278 g/mol. The number of carbonyl (C=O) groups is 2. The Bertz CT molecular complexity index is 831. The van der Waals surface area contributed by atoms with E-state index in [4.69, 9.17) is 4.74 Å². The minimum absolute atomic E-state index is 0.317. The summed E-state index contributed by atoms with van der Waals surface area (Å²) >= 11 is 0. The average molecular weight is 293 g/mol. The first-order chi connectivity index (χ1) is 10.7. The van der Waals surface area contributed by atoms with Gasteiger partial charge in [-0.3, -0.25) is 4.79 Å². The van der Waals surface area contributed by atoms with Crippen LogP contribution in [0.3, 0.4) is 0 Å². The second kappa shape index (κ2) is 5.85. The molecule has 0 radical (unpaired) electrons. The predicted molar refractivity (Wildman–Crippen MR) is 85.1 cm³/mol. The fourth-order valence-corrected chi connectivity index (χ4v) is 2.53. The highest BCUT2D eigenvalue weighted by Crippen LogP contribution is 2.33. The van der Waals surface area contributed by atoms with Gasteiger partial charge >= 0.3 is 5.97 Å². The Hall–Kier alpha value is -2.88. The van der Waals surface area contributed by atoms with Crippen LogP contribution in [-0.4, -0.2) is 23.8 Å². The van der Waals surface area contributed by atoms with Crippen molar-refractivity contribution in [3.05, 3.63) is 59.8 Å². The first-order valence-electron chi connectivity index (χ1n) is 7.08. The zero-order valence-electron chi connectivity index (χ0n) is 12.1. The number of hydrogen-bond acceptors (Lipinski definition) is 3. The number of esters is 1. The quantitative estimate of drug-likeness (QED) is 0.587. The fourth-order valence-electron chi connectivity index (χ4n) is 2.53. The van der Waals surface area contributed by atoms with Gasteiger partial charge in [0.25, 0.3) is 0 Å². The van der Waals surface area contributed by atoms with Crippen molar-refractivity contribution in [1.29, 1.82) is 0 Å². The Balaban J connectivity index is 2.22. The topological polar surface area (TPSA) is 59.2 Å². The number of carbonyl (C=O) groups excluding carboxylic acids is 2. The monoisotopic (exact) mass is 293 g/mol. The van der Waals surface area contributed by atoms with Crippen LogP contribution in [0.2, 0.25) is 0 Å². The second-order valence-corrected chi connectivity index (χ2v) is 4.88. The van der Waals surface area contributed by atoms with Crippen molar-refractivity contribution in [2.75, 3.05) is 6.61 Å². The van der Waals surface area contributed by atoms with E-state index in [-0.39, 0.29) is 5.97 Å². The molecule has 22 heavy (non-hydrogen) atoms. The van der Waals surface area contributed by atoms with Gasteiger partial charge in [-0.15, -0.1) is 0 Å². The molecule has 1 heterocycles. The normalized spacial score (nSPS) is 10.6. The Kier molecular flexibility index (Phi) is 3.74. The lowest BCUT2D eigenvalue weighted by molar-refractivity contribution is 0.0521. The van der Waals surface area contributed by atoms with Crippen molar-refractivity contribution in [3.8, 4) is 11.1 Å². The maximum Gasteiger partial charge on any atom is 0.355 e. The van der Waals surface area contributed by atoms with Crippen LogP contribution in [0.4, 0.5) is 0 Å². The number of H-pyrrole nitrogens is 1. The van der Waals surface area contributed by atoms with E-state index in [9.17, 15) is 9.59 Å². The van der Waals surface area contributed by atoms with Crippen LogP contribution in [0.1, 0.15) is 27.8 Å². The van der Waals surface area contributed by atoms with Gasteiger partial charge in [-0.05, 0) is 18.6 Å². The number of fused-ring (bicyclic) bond motifs is 1. The van der Waals surface area contributed by atoms with Crippen molar-refractivity contribution in [2.24, 2.45) is 0 Å². The summed E-state index contributed by atoms with van der Waals surface area (Å²) in [5.41, 5.74) is 3.57. The Morgan fingerprint density at radius 1 is 1.14 bits per heavy atom. The largest absolute Gasteiger partial charge is 0.461 e. The maximum absolute atomic E-state index is 12.2. The first-order valence-corrected chi connectivity index (χ1v) is 7.08. The van der Waals surface area contributed by atoms with Crippen LogP contribution >= 0.6 is 0 Å². The van der Waals surface area contributed by atoms with E-state index in [1.807, 2.05) is 36.4 Å². The molecule has 0 aliphatic carbocycles.